The summed E-state index contributed by atoms with van der Waals surface area (Å²) in [5.41, 5.74) is 2.09. The van der Waals surface area contributed by atoms with Crippen LogP contribution in [0, 0.1) is 6.92 Å². The summed E-state index contributed by atoms with van der Waals surface area (Å²) in [4.78, 5) is 32.1. The molecule has 4 aromatic rings. The maximum atomic E-state index is 13.3. The van der Waals surface area contributed by atoms with E-state index in [4.69, 9.17) is 9.15 Å². The van der Waals surface area contributed by atoms with Gasteiger partial charge in [0.2, 0.25) is 6.10 Å². The number of benzene rings is 2. The number of rotatable bonds is 5. The molecule has 0 aliphatic heterocycles. The number of furan rings is 1. The average Bonchev–Trinajstić information content (AvgIpc) is 3.23. The van der Waals surface area contributed by atoms with Gasteiger partial charge in [-0.3, -0.25) is 4.79 Å². The standard InChI is InChI=1S/C25H22N2O4/c1-16-13-14-22(30-16)21-15-19(18-11-7-8-12-20(18)26-21)25(29)31-23(24(28)27(2)3)17-9-5-4-6-10-17/h4-15,23H,1-3H3/t23-/m0/s1. The van der Waals surface area contributed by atoms with E-state index in [0.717, 1.165) is 5.76 Å². The van der Waals surface area contributed by atoms with Crippen LogP contribution in [-0.4, -0.2) is 35.9 Å². The number of para-hydroxylation sites is 1. The molecule has 0 spiro atoms. The molecular formula is C25H22N2O4. The lowest BCUT2D eigenvalue weighted by atomic mass is 10.1. The van der Waals surface area contributed by atoms with Gasteiger partial charge in [0.1, 0.15) is 11.5 Å². The molecule has 31 heavy (non-hydrogen) atoms. The van der Waals surface area contributed by atoms with Gasteiger partial charge in [-0.15, -0.1) is 0 Å². The Morgan fingerprint density at radius 3 is 2.35 bits per heavy atom. The van der Waals surface area contributed by atoms with Crippen LogP contribution in [0.15, 0.2) is 77.2 Å². The van der Waals surface area contributed by atoms with Crippen molar-refractivity contribution in [2.75, 3.05) is 14.1 Å². The van der Waals surface area contributed by atoms with Crippen LogP contribution in [-0.2, 0) is 9.53 Å². The minimum absolute atomic E-state index is 0.320. The summed E-state index contributed by atoms with van der Waals surface area (Å²) in [5.74, 6) is 0.378. The maximum absolute atomic E-state index is 13.3. The number of aryl methyl sites for hydroxylation is 1. The fourth-order valence-corrected chi connectivity index (χ4v) is 3.34. The Balaban J connectivity index is 1.78. The van der Waals surface area contributed by atoms with Crippen LogP contribution in [0.2, 0.25) is 0 Å². The number of hydrogen-bond acceptors (Lipinski definition) is 5. The molecule has 6 heteroatoms. The highest BCUT2D eigenvalue weighted by Crippen LogP contribution is 2.28. The quantitative estimate of drug-likeness (QED) is 0.439. The number of carbonyl (C=O) groups is 2. The summed E-state index contributed by atoms with van der Waals surface area (Å²) in [6.07, 6.45) is -1.05. The van der Waals surface area contributed by atoms with Gasteiger partial charge in [0.05, 0.1) is 11.1 Å². The number of aromatic nitrogens is 1. The predicted octanol–water partition coefficient (Wildman–Crippen LogP) is 4.79. The molecule has 0 unspecified atom stereocenters. The summed E-state index contributed by atoms with van der Waals surface area (Å²) in [7, 11) is 3.26. The van der Waals surface area contributed by atoms with Crippen molar-refractivity contribution in [3.8, 4) is 11.5 Å². The van der Waals surface area contributed by atoms with Crippen molar-refractivity contribution in [3.05, 3.63) is 89.7 Å². The highest BCUT2D eigenvalue weighted by atomic mass is 16.5. The summed E-state index contributed by atoms with van der Waals surface area (Å²) in [6.45, 7) is 1.84. The van der Waals surface area contributed by atoms with Crippen LogP contribution in [0.1, 0.15) is 27.8 Å². The molecule has 0 bridgehead atoms. The van der Waals surface area contributed by atoms with Gasteiger partial charge in [0.25, 0.3) is 5.91 Å². The van der Waals surface area contributed by atoms with Gasteiger partial charge in [-0.2, -0.15) is 0 Å². The van der Waals surface area contributed by atoms with E-state index in [1.807, 2.05) is 43.3 Å². The zero-order valence-electron chi connectivity index (χ0n) is 17.5. The lowest BCUT2D eigenvalue weighted by Crippen LogP contribution is -2.31. The van der Waals surface area contributed by atoms with Gasteiger partial charge in [-0.25, -0.2) is 9.78 Å². The first kappa shape index (κ1) is 20.3. The second kappa shape index (κ2) is 8.44. The number of hydrogen-bond donors (Lipinski definition) is 0. The van der Waals surface area contributed by atoms with Crippen LogP contribution < -0.4 is 0 Å². The van der Waals surface area contributed by atoms with E-state index in [9.17, 15) is 9.59 Å². The zero-order valence-corrected chi connectivity index (χ0v) is 17.5. The smallest absolute Gasteiger partial charge is 0.340 e. The van der Waals surface area contributed by atoms with Crippen molar-refractivity contribution >= 4 is 22.8 Å². The summed E-state index contributed by atoms with van der Waals surface area (Å²) in [5, 5.41) is 0.642. The Morgan fingerprint density at radius 2 is 1.68 bits per heavy atom. The van der Waals surface area contributed by atoms with Crippen molar-refractivity contribution in [1.82, 2.24) is 9.88 Å². The number of pyridine rings is 1. The number of ether oxygens (including phenoxy) is 1. The predicted molar refractivity (Wildman–Crippen MR) is 117 cm³/mol. The van der Waals surface area contributed by atoms with Gasteiger partial charge in [-0.1, -0.05) is 48.5 Å². The highest BCUT2D eigenvalue weighted by molar-refractivity contribution is 6.05. The van der Waals surface area contributed by atoms with E-state index in [1.54, 1.807) is 50.5 Å². The molecule has 2 aromatic heterocycles. The summed E-state index contributed by atoms with van der Waals surface area (Å²) >= 11 is 0. The number of fused-ring (bicyclic) bond motifs is 1. The van der Waals surface area contributed by atoms with Crippen LogP contribution in [0.3, 0.4) is 0 Å². The lowest BCUT2D eigenvalue weighted by molar-refractivity contribution is -0.138. The lowest BCUT2D eigenvalue weighted by Gasteiger charge is -2.21. The fourth-order valence-electron chi connectivity index (χ4n) is 3.34. The third kappa shape index (κ3) is 4.19. The first-order chi connectivity index (χ1) is 14.9. The molecule has 0 fully saturated rings. The molecule has 0 N–H and O–H groups in total. The van der Waals surface area contributed by atoms with Gasteiger partial charge in [-0.05, 0) is 31.2 Å². The van der Waals surface area contributed by atoms with E-state index < -0.39 is 12.1 Å². The Hall–Kier alpha value is -3.93. The zero-order chi connectivity index (χ0) is 22.0. The number of likely N-dealkylation sites (N-methyl/N-ethyl adjacent to an activating group) is 1. The topological polar surface area (TPSA) is 72.6 Å². The largest absolute Gasteiger partial charge is 0.460 e. The molecule has 2 heterocycles. The molecule has 156 valence electrons. The van der Waals surface area contributed by atoms with Crippen molar-refractivity contribution in [2.45, 2.75) is 13.0 Å². The van der Waals surface area contributed by atoms with Gasteiger partial charge in [0, 0.05) is 25.0 Å². The van der Waals surface area contributed by atoms with Gasteiger partial charge in [0.15, 0.2) is 5.76 Å². The SMILES string of the molecule is Cc1ccc(-c2cc(C(=O)O[C@H](C(=O)N(C)C)c3ccccc3)c3ccccc3n2)o1. The monoisotopic (exact) mass is 414 g/mol. The summed E-state index contributed by atoms with van der Waals surface area (Å²) in [6, 6.07) is 21.6. The molecule has 4 rings (SSSR count). The molecule has 6 nitrogen and oxygen atoms in total. The third-order valence-corrected chi connectivity index (χ3v) is 4.92. The van der Waals surface area contributed by atoms with Crippen LogP contribution in [0.4, 0.5) is 0 Å². The summed E-state index contributed by atoms with van der Waals surface area (Å²) < 4.78 is 11.5. The number of esters is 1. The second-order valence-electron chi connectivity index (χ2n) is 7.41. The first-order valence-corrected chi connectivity index (χ1v) is 9.87. The van der Waals surface area contributed by atoms with Gasteiger partial charge < -0.3 is 14.1 Å². The number of amides is 1. The van der Waals surface area contributed by atoms with E-state index in [-0.39, 0.29) is 5.91 Å². The van der Waals surface area contributed by atoms with Crippen LogP contribution >= 0.6 is 0 Å². The van der Waals surface area contributed by atoms with E-state index in [2.05, 4.69) is 4.98 Å². The van der Waals surface area contributed by atoms with Gasteiger partial charge >= 0.3 is 5.97 Å². The average molecular weight is 414 g/mol. The van der Waals surface area contributed by atoms with Crippen molar-refractivity contribution < 1.29 is 18.7 Å². The second-order valence-corrected chi connectivity index (χ2v) is 7.41. The highest BCUT2D eigenvalue weighted by Gasteiger charge is 2.28. The molecule has 0 aliphatic rings. The Morgan fingerprint density at radius 1 is 0.968 bits per heavy atom. The third-order valence-electron chi connectivity index (χ3n) is 4.92. The van der Waals surface area contributed by atoms with Crippen molar-refractivity contribution in [1.29, 1.82) is 0 Å². The molecule has 0 aliphatic carbocycles. The molecular weight excluding hydrogens is 392 g/mol. The normalized spacial score (nSPS) is 11.8. The Labute approximate surface area is 180 Å². The Kier molecular flexibility index (Phi) is 5.54. The molecule has 0 radical (unpaired) electrons. The molecule has 0 saturated carbocycles. The molecule has 1 atom stereocenters. The Bertz CT molecular complexity index is 1240. The molecule has 2 aromatic carbocycles. The van der Waals surface area contributed by atoms with Crippen LogP contribution in [0.25, 0.3) is 22.4 Å². The van der Waals surface area contributed by atoms with E-state index >= 15 is 0 Å². The van der Waals surface area contributed by atoms with Crippen molar-refractivity contribution in [3.63, 3.8) is 0 Å². The van der Waals surface area contributed by atoms with Crippen LogP contribution in [0.5, 0.6) is 0 Å². The minimum atomic E-state index is -1.05. The van der Waals surface area contributed by atoms with Crippen molar-refractivity contribution in [2.24, 2.45) is 0 Å². The number of nitrogens with zero attached hydrogens (tertiary/aromatic N) is 2. The molecule has 1 amide bonds. The minimum Gasteiger partial charge on any atom is -0.460 e. The van der Waals surface area contributed by atoms with E-state index in [0.29, 0.717) is 33.5 Å². The molecule has 0 saturated heterocycles. The fraction of sp³-hybridized carbons (Fsp3) is 0.160. The maximum Gasteiger partial charge on any atom is 0.340 e. The first-order valence-electron chi connectivity index (χ1n) is 9.87. The number of carbonyl (C=O) groups excluding carboxylic acids is 2. The van der Waals surface area contributed by atoms with E-state index in [1.165, 1.54) is 4.90 Å².